The SMILES string of the molecule is CNC(=O)c1cccc(NC(=O)CNc2cccc(NC(=O)c3ccco3)c2)c1. The van der Waals surface area contributed by atoms with Crippen molar-refractivity contribution in [2.75, 3.05) is 29.5 Å². The Morgan fingerprint density at radius 3 is 2.28 bits per heavy atom. The van der Waals surface area contributed by atoms with Crippen molar-refractivity contribution in [1.82, 2.24) is 5.32 Å². The quantitative estimate of drug-likeness (QED) is 0.494. The standard InChI is InChI=1S/C21H20N4O4/c1-22-20(27)14-5-2-7-16(11-14)24-19(26)13-23-15-6-3-8-17(12-15)25-21(28)18-9-4-10-29-18/h2-12,23H,13H2,1H3,(H,22,27)(H,24,26)(H,25,28). The van der Waals surface area contributed by atoms with Crippen LogP contribution in [-0.4, -0.2) is 31.3 Å². The van der Waals surface area contributed by atoms with Gasteiger partial charge in [-0.15, -0.1) is 0 Å². The molecule has 29 heavy (non-hydrogen) atoms. The molecular weight excluding hydrogens is 372 g/mol. The van der Waals surface area contributed by atoms with Gasteiger partial charge in [-0.3, -0.25) is 14.4 Å². The van der Waals surface area contributed by atoms with E-state index in [0.717, 1.165) is 0 Å². The molecule has 0 aliphatic rings. The molecule has 4 N–H and O–H groups in total. The molecule has 0 radical (unpaired) electrons. The van der Waals surface area contributed by atoms with Crippen LogP contribution in [0.15, 0.2) is 71.3 Å². The number of rotatable bonds is 7. The summed E-state index contributed by atoms with van der Waals surface area (Å²) in [7, 11) is 1.54. The van der Waals surface area contributed by atoms with E-state index in [1.807, 2.05) is 0 Å². The average Bonchev–Trinajstić information content (AvgIpc) is 3.27. The van der Waals surface area contributed by atoms with Crippen LogP contribution >= 0.6 is 0 Å². The van der Waals surface area contributed by atoms with Crippen LogP contribution in [0.25, 0.3) is 0 Å². The molecule has 8 nitrogen and oxygen atoms in total. The number of anilines is 3. The van der Waals surface area contributed by atoms with Crippen LogP contribution in [-0.2, 0) is 4.79 Å². The van der Waals surface area contributed by atoms with E-state index in [0.29, 0.717) is 22.6 Å². The first-order chi connectivity index (χ1) is 14.0. The summed E-state index contributed by atoms with van der Waals surface area (Å²) >= 11 is 0. The summed E-state index contributed by atoms with van der Waals surface area (Å²) in [6.45, 7) is 0.0137. The Labute approximate surface area is 167 Å². The minimum absolute atomic E-state index is 0.0137. The summed E-state index contributed by atoms with van der Waals surface area (Å²) in [6.07, 6.45) is 1.43. The third-order valence-corrected chi connectivity index (χ3v) is 3.95. The number of carbonyl (C=O) groups excluding carboxylic acids is 3. The van der Waals surface area contributed by atoms with Crippen molar-refractivity contribution in [3.8, 4) is 0 Å². The number of furan rings is 1. The Kier molecular flexibility index (Phi) is 6.26. The molecule has 0 bridgehead atoms. The molecule has 1 heterocycles. The topological polar surface area (TPSA) is 112 Å². The van der Waals surface area contributed by atoms with Crippen molar-refractivity contribution in [1.29, 1.82) is 0 Å². The van der Waals surface area contributed by atoms with Gasteiger partial charge in [0.2, 0.25) is 5.91 Å². The Hall–Kier alpha value is -4.07. The first-order valence-corrected chi connectivity index (χ1v) is 8.86. The molecule has 2 aromatic carbocycles. The van der Waals surface area contributed by atoms with Crippen LogP contribution in [0, 0.1) is 0 Å². The number of nitrogens with one attached hydrogen (secondary N) is 4. The third kappa shape index (κ3) is 5.46. The normalized spacial score (nSPS) is 10.1. The van der Waals surface area contributed by atoms with Crippen LogP contribution in [0.3, 0.4) is 0 Å². The summed E-state index contributed by atoms with van der Waals surface area (Å²) < 4.78 is 5.06. The molecule has 0 saturated heterocycles. The zero-order valence-corrected chi connectivity index (χ0v) is 15.7. The van der Waals surface area contributed by atoms with Gasteiger partial charge in [0.15, 0.2) is 5.76 Å². The van der Waals surface area contributed by atoms with E-state index in [1.165, 1.54) is 6.26 Å². The molecule has 0 saturated carbocycles. The zero-order valence-electron chi connectivity index (χ0n) is 15.7. The van der Waals surface area contributed by atoms with Crippen LogP contribution in [0.2, 0.25) is 0 Å². The lowest BCUT2D eigenvalue weighted by Gasteiger charge is -2.10. The molecule has 3 rings (SSSR count). The Balaban J connectivity index is 1.55. The molecule has 0 spiro atoms. The van der Waals surface area contributed by atoms with E-state index in [2.05, 4.69) is 21.3 Å². The highest BCUT2D eigenvalue weighted by atomic mass is 16.3. The van der Waals surface area contributed by atoms with Gasteiger partial charge < -0.3 is 25.7 Å². The van der Waals surface area contributed by atoms with Crippen molar-refractivity contribution in [3.05, 3.63) is 78.3 Å². The van der Waals surface area contributed by atoms with Gasteiger partial charge in [0.25, 0.3) is 11.8 Å². The lowest BCUT2D eigenvalue weighted by Crippen LogP contribution is -2.22. The van der Waals surface area contributed by atoms with Gasteiger partial charge >= 0.3 is 0 Å². The predicted octanol–water partition coefficient (Wildman–Crippen LogP) is 2.94. The summed E-state index contributed by atoms with van der Waals surface area (Å²) in [5, 5.41) is 11.0. The Morgan fingerprint density at radius 2 is 1.55 bits per heavy atom. The number of amides is 3. The maximum Gasteiger partial charge on any atom is 0.291 e. The maximum absolute atomic E-state index is 12.2. The maximum atomic E-state index is 12.2. The summed E-state index contributed by atoms with van der Waals surface area (Å²) in [5.74, 6) is -0.653. The van der Waals surface area contributed by atoms with Gasteiger partial charge in [0, 0.05) is 29.7 Å². The first kappa shape index (κ1) is 19.7. The fourth-order valence-corrected chi connectivity index (χ4v) is 2.58. The van der Waals surface area contributed by atoms with Crippen molar-refractivity contribution in [2.24, 2.45) is 0 Å². The van der Waals surface area contributed by atoms with Crippen LogP contribution < -0.4 is 21.3 Å². The molecule has 3 aromatic rings. The molecule has 0 atom stereocenters. The van der Waals surface area contributed by atoms with Gasteiger partial charge in [-0.25, -0.2) is 0 Å². The van der Waals surface area contributed by atoms with E-state index in [9.17, 15) is 14.4 Å². The Morgan fingerprint density at radius 1 is 0.828 bits per heavy atom. The molecular formula is C21H20N4O4. The molecule has 0 fully saturated rings. The predicted molar refractivity (Wildman–Crippen MR) is 110 cm³/mol. The Bertz CT molecular complexity index is 1020. The summed E-state index contributed by atoms with van der Waals surface area (Å²) in [6, 6.07) is 16.8. The molecule has 0 aliphatic carbocycles. The average molecular weight is 392 g/mol. The smallest absolute Gasteiger partial charge is 0.291 e. The van der Waals surface area contributed by atoms with Gasteiger partial charge in [-0.1, -0.05) is 12.1 Å². The second kappa shape index (κ2) is 9.23. The lowest BCUT2D eigenvalue weighted by atomic mass is 10.2. The molecule has 1 aromatic heterocycles. The minimum atomic E-state index is -0.360. The largest absolute Gasteiger partial charge is 0.459 e. The second-order valence-corrected chi connectivity index (χ2v) is 6.07. The van der Waals surface area contributed by atoms with Gasteiger partial charge in [-0.05, 0) is 48.5 Å². The highest BCUT2D eigenvalue weighted by molar-refractivity contribution is 6.02. The van der Waals surface area contributed by atoms with Crippen LogP contribution in [0.4, 0.5) is 17.1 Å². The highest BCUT2D eigenvalue weighted by Crippen LogP contribution is 2.16. The minimum Gasteiger partial charge on any atom is -0.459 e. The van der Waals surface area contributed by atoms with E-state index in [1.54, 1.807) is 67.7 Å². The van der Waals surface area contributed by atoms with Gasteiger partial charge in [0.05, 0.1) is 12.8 Å². The molecule has 0 unspecified atom stereocenters. The number of hydrogen-bond acceptors (Lipinski definition) is 5. The van der Waals surface area contributed by atoms with E-state index in [-0.39, 0.29) is 30.0 Å². The van der Waals surface area contributed by atoms with E-state index >= 15 is 0 Å². The molecule has 0 aliphatic heterocycles. The van der Waals surface area contributed by atoms with Crippen LogP contribution in [0.1, 0.15) is 20.9 Å². The molecule has 8 heteroatoms. The van der Waals surface area contributed by atoms with Gasteiger partial charge in [-0.2, -0.15) is 0 Å². The highest BCUT2D eigenvalue weighted by Gasteiger charge is 2.10. The van der Waals surface area contributed by atoms with Gasteiger partial charge in [0.1, 0.15) is 0 Å². The van der Waals surface area contributed by atoms with E-state index in [4.69, 9.17) is 4.42 Å². The fraction of sp³-hybridized carbons (Fsp3) is 0.0952. The summed E-state index contributed by atoms with van der Waals surface area (Å²) in [5.41, 5.74) is 2.21. The van der Waals surface area contributed by atoms with Crippen molar-refractivity contribution >= 4 is 34.8 Å². The fourth-order valence-electron chi connectivity index (χ4n) is 2.58. The monoisotopic (exact) mass is 392 g/mol. The van der Waals surface area contributed by atoms with E-state index < -0.39 is 0 Å². The van der Waals surface area contributed by atoms with Crippen molar-refractivity contribution in [3.63, 3.8) is 0 Å². The van der Waals surface area contributed by atoms with Crippen molar-refractivity contribution in [2.45, 2.75) is 0 Å². The first-order valence-electron chi connectivity index (χ1n) is 8.86. The number of carbonyl (C=O) groups is 3. The lowest BCUT2D eigenvalue weighted by molar-refractivity contribution is -0.114. The number of benzene rings is 2. The van der Waals surface area contributed by atoms with Crippen molar-refractivity contribution < 1.29 is 18.8 Å². The summed E-state index contributed by atoms with van der Waals surface area (Å²) in [4.78, 5) is 35.9. The number of hydrogen-bond donors (Lipinski definition) is 4. The van der Waals surface area contributed by atoms with Crippen LogP contribution in [0.5, 0.6) is 0 Å². The molecule has 3 amide bonds. The zero-order chi connectivity index (χ0) is 20.6. The second-order valence-electron chi connectivity index (χ2n) is 6.07. The third-order valence-electron chi connectivity index (χ3n) is 3.95. The molecule has 148 valence electrons.